The fourth-order valence-corrected chi connectivity index (χ4v) is 3.50. The van der Waals surface area contributed by atoms with Crippen LogP contribution in [0.2, 0.25) is 0 Å². The SMILES string of the molecule is Cc1ccsc1CNCc1ccc(CC(=O)O)s1. The average molecular weight is 281 g/mol. The number of thiophene rings is 2. The Kier molecular flexibility index (Phi) is 4.52. The molecule has 2 N–H and O–H groups in total. The van der Waals surface area contributed by atoms with E-state index in [-0.39, 0.29) is 6.42 Å². The fourth-order valence-electron chi connectivity index (χ4n) is 1.65. The van der Waals surface area contributed by atoms with Gasteiger partial charge >= 0.3 is 5.97 Å². The van der Waals surface area contributed by atoms with Gasteiger partial charge in [0.25, 0.3) is 0 Å². The number of carboxylic acids is 1. The van der Waals surface area contributed by atoms with Crippen molar-refractivity contribution in [1.82, 2.24) is 5.32 Å². The minimum absolute atomic E-state index is 0.120. The summed E-state index contributed by atoms with van der Waals surface area (Å²) in [5.74, 6) is -0.773. The average Bonchev–Trinajstić information content (AvgIpc) is 2.89. The largest absolute Gasteiger partial charge is 0.481 e. The first-order valence-corrected chi connectivity index (χ1v) is 7.38. The zero-order chi connectivity index (χ0) is 13.0. The lowest BCUT2D eigenvalue weighted by atomic mass is 10.3. The maximum Gasteiger partial charge on any atom is 0.308 e. The third kappa shape index (κ3) is 3.66. The van der Waals surface area contributed by atoms with Crippen molar-refractivity contribution in [2.75, 3.05) is 0 Å². The van der Waals surface area contributed by atoms with Gasteiger partial charge in [-0.05, 0) is 36.1 Å². The molecule has 2 rings (SSSR count). The monoisotopic (exact) mass is 281 g/mol. The first kappa shape index (κ1) is 13.3. The summed E-state index contributed by atoms with van der Waals surface area (Å²) < 4.78 is 0. The van der Waals surface area contributed by atoms with E-state index in [1.165, 1.54) is 15.3 Å². The second-order valence-corrected chi connectivity index (χ2v) is 6.32. The zero-order valence-corrected chi connectivity index (χ0v) is 11.7. The first-order chi connectivity index (χ1) is 8.65. The fraction of sp³-hybridized carbons (Fsp3) is 0.308. The van der Waals surface area contributed by atoms with Crippen LogP contribution in [0.25, 0.3) is 0 Å². The molecular formula is C13H15NO2S2. The Morgan fingerprint density at radius 2 is 2.06 bits per heavy atom. The summed E-state index contributed by atoms with van der Waals surface area (Å²) in [6.07, 6.45) is 0.120. The van der Waals surface area contributed by atoms with Gasteiger partial charge in [-0.25, -0.2) is 0 Å². The van der Waals surface area contributed by atoms with E-state index in [1.807, 2.05) is 12.1 Å². The van der Waals surface area contributed by atoms with Gasteiger partial charge in [0.15, 0.2) is 0 Å². The molecule has 18 heavy (non-hydrogen) atoms. The van der Waals surface area contributed by atoms with Crippen LogP contribution >= 0.6 is 22.7 Å². The highest BCUT2D eigenvalue weighted by Gasteiger charge is 2.05. The Balaban J connectivity index is 1.82. The van der Waals surface area contributed by atoms with E-state index >= 15 is 0 Å². The van der Waals surface area contributed by atoms with Gasteiger partial charge in [-0.3, -0.25) is 4.79 Å². The highest BCUT2D eigenvalue weighted by Crippen LogP contribution is 2.18. The standard InChI is InChI=1S/C13H15NO2S2/c1-9-4-5-17-12(9)8-14-7-11-3-2-10(18-11)6-13(15)16/h2-5,14H,6-8H2,1H3,(H,15,16). The molecule has 0 aliphatic carbocycles. The Hall–Kier alpha value is -1.17. The molecule has 0 unspecified atom stereocenters. The summed E-state index contributed by atoms with van der Waals surface area (Å²) in [4.78, 5) is 14.0. The van der Waals surface area contributed by atoms with Crippen molar-refractivity contribution in [3.8, 4) is 0 Å². The van der Waals surface area contributed by atoms with Crippen LogP contribution in [0.3, 0.4) is 0 Å². The Morgan fingerprint density at radius 1 is 1.28 bits per heavy atom. The number of carbonyl (C=O) groups is 1. The molecule has 0 spiro atoms. The highest BCUT2D eigenvalue weighted by atomic mass is 32.1. The second kappa shape index (κ2) is 6.13. The summed E-state index contributed by atoms with van der Waals surface area (Å²) in [6, 6.07) is 6.02. The third-order valence-electron chi connectivity index (χ3n) is 2.60. The van der Waals surface area contributed by atoms with Crippen LogP contribution in [0.15, 0.2) is 23.6 Å². The van der Waals surface area contributed by atoms with E-state index in [1.54, 1.807) is 22.7 Å². The van der Waals surface area contributed by atoms with Crippen molar-refractivity contribution in [2.24, 2.45) is 0 Å². The lowest BCUT2D eigenvalue weighted by Crippen LogP contribution is -2.11. The van der Waals surface area contributed by atoms with Crippen molar-refractivity contribution >= 4 is 28.6 Å². The molecule has 0 radical (unpaired) electrons. The number of hydrogen-bond acceptors (Lipinski definition) is 4. The Bertz CT molecular complexity index is 531. The molecule has 0 atom stereocenters. The molecule has 0 bridgehead atoms. The molecule has 2 aromatic rings. The summed E-state index contributed by atoms with van der Waals surface area (Å²) in [5.41, 5.74) is 1.32. The van der Waals surface area contributed by atoms with Gasteiger partial charge in [-0.15, -0.1) is 22.7 Å². The van der Waals surface area contributed by atoms with Gasteiger partial charge in [0.05, 0.1) is 6.42 Å². The number of carboxylic acid groups (broad SMARTS) is 1. The minimum atomic E-state index is -0.773. The van der Waals surface area contributed by atoms with Gasteiger partial charge in [-0.2, -0.15) is 0 Å². The van der Waals surface area contributed by atoms with Gasteiger partial charge in [0.2, 0.25) is 0 Å². The molecule has 3 nitrogen and oxygen atoms in total. The smallest absolute Gasteiger partial charge is 0.308 e. The molecule has 0 aliphatic heterocycles. The van der Waals surface area contributed by atoms with Crippen LogP contribution in [0.5, 0.6) is 0 Å². The minimum Gasteiger partial charge on any atom is -0.481 e. The van der Waals surface area contributed by atoms with Crippen molar-refractivity contribution in [2.45, 2.75) is 26.4 Å². The zero-order valence-electron chi connectivity index (χ0n) is 10.1. The molecular weight excluding hydrogens is 266 g/mol. The summed E-state index contributed by atoms with van der Waals surface area (Å²) in [5, 5.41) is 14.2. The van der Waals surface area contributed by atoms with Crippen LogP contribution in [0, 0.1) is 6.92 Å². The van der Waals surface area contributed by atoms with Gasteiger partial charge in [0.1, 0.15) is 0 Å². The third-order valence-corrected chi connectivity index (χ3v) is 4.70. The van der Waals surface area contributed by atoms with Gasteiger partial charge < -0.3 is 10.4 Å². The maximum atomic E-state index is 10.6. The lowest BCUT2D eigenvalue weighted by Gasteiger charge is -2.02. The normalized spacial score (nSPS) is 10.7. The number of nitrogens with one attached hydrogen (secondary N) is 1. The molecule has 5 heteroatoms. The Morgan fingerprint density at radius 3 is 2.72 bits per heavy atom. The van der Waals surface area contributed by atoms with Gasteiger partial charge in [0, 0.05) is 27.7 Å². The maximum absolute atomic E-state index is 10.6. The summed E-state index contributed by atoms with van der Waals surface area (Å²) in [6.45, 7) is 3.78. The van der Waals surface area contributed by atoms with E-state index in [9.17, 15) is 4.79 Å². The van der Waals surface area contributed by atoms with Crippen LogP contribution in [-0.2, 0) is 24.3 Å². The predicted molar refractivity (Wildman–Crippen MR) is 75.3 cm³/mol. The Labute approximate surface area is 114 Å². The molecule has 0 aromatic carbocycles. The van der Waals surface area contributed by atoms with E-state index in [0.717, 1.165) is 18.0 Å². The molecule has 96 valence electrons. The lowest BCUT2D eigenvalue weighted by molar-refractivity contribution is -0.136. The summed E-state index contributed by atoms with van der Waals surface area (Å²) in [7, 11) is 0. The van der Waals surface area contributed by atoms with Crippen LogP contribution in [-0.4, -0.2) is 11.1 Å². The predicted octanol–water partition coefficient (Wildman–Crippen LogP) is 3.03. The molecule has 0 saturated carbocycles. The number of rotatable bonds is 6. The molecule has 0 amide bonds. The molecule has 0 aliphatic rings. The van der Waals surface area contributed by atoms with Crippen LogP contribution < -0.4 is 5.32 Å². The second-order valence-electron chi connectivity index (χ2n) is 4.07. The highest BCUT2D eigenvalue weighted by molar-refractivity contribution is 7.12. The van der Waals surface area contributed by atoms with E-state index < -0.39 is 5.97 Å². The summed E-state index contributed by atoms with van der Waals surface area (Å²) >= 11 is 3.32. The number of hydrogen-bond donors (Lipinski definition) is 2. The van der Waals surface area contributed by atoms with Crippen LogP contribution in [0.1, 0.15) is 20.2 Å². The van der Waals surface area contributed by atoms with E-state index in [2.05, 4.69) is 23.7 Å². The van der Waals surface area contributed by atoms with Crippen molar-refractivity contribution < 1.29 is 9.90 Å². The molecule has 0 fully saturated rings. The van der Waals surface area contributed by atoms with Crippen LogP contribution in [0.4, 0.5) is 0 Å². The molecule has 2 aromatic heterocycles. The van der Waals surface area contributed by atoms with Crippen molar-refractivity contribution in [3.63, 3.8) is 0 Å². The number of aliphatic carboxylic acids is 1. The van der Waals surface area contributed by atoms with Crippen molar-refractivity contribution in [1.29, 1.82) is 0 Å². The quantitative estimate of drug-likeness (QED) is 0.855. The number of aryl methyl sites for hydroxylation is 1. The topological polar surface area (TPSA) is 49.3 Å². The van der Waals surface area contributed by atoms with E-state index in [0.29, 0.717) is 0 Å². The van der Waals surface area contributed by atoms with Crippen molar-refractivity contribution in [3.05, 3.63) is 43.8 Å². The molecule has 2 heterocycles. The van der Waals surface area contributed by atoms with E-state index in [4.69, 9.17) is 5.11 Å². The van der Waals surface area contributed by atoms with Gasteiger partial charge in [-0.1, -0.05) is 0 Å². The molecule has 0 saturated heterocycles. The first-order valence-electron chi connectivity index (χ1n) is 5.68.